The highest BCUT2D eigenvalue weighted by Crippen LogP contribution is 2.29. The van der Waals surface area contributed by atoms with Crippen LogP contribution in [0.3, 0.4) is 0 Å². The molecule has 2 aromatic rings. The highest BCUT2D eigenvalue weighted by Gasteiger charge is 2.28. The molecule has 0 aliphatic rings. The van der Waals surface area contributed by atoms with Crippen molar-refractivity contribution in [1.29, 1.82) is 0 Å². The summed E-state index contributed by atoms with van der Waals surface area (Å²) in [5.74, 6) is -0.972. The molecule has 0 amide bonds. The van der Waals surface area contributed by atoms with Crippen LogP contribution in [0.4, 0.5) is 17.6 Å². The molecule has 0 aliphatic carbocycles. The summed E-state index contributed by atoms with van der Waals surface area (Å²) in [6, 6.07) is 3.27. The van der Waals surface area contributed by atoms with E-state index in [0.29, 0.717) is 4.68 Å². The van der Waals surface area contributed by atoms with Gasteiger partial charge in [-0.2, -0.15) is 18.3 Å². The second-order valence-electron chi connectivity index (χ2n) is 3.70. The number of phenols is 1. The Morgan fingerprint density at radius 3 is 2.61 bits per heavy atom. The van der Waals surface area contributed by atoms with Gasteiger partial charge in [0.15, 0.2) is 0 Å². The third-order valence-corrected chi connectivity index (χ3v) is 2.25. The lowest BCUT2D eigenvalue weighted by Gasteiger charge is -2.05. The molecule has 1 aromatic heterocycles. The van der Waals surface area contributed by atoms with Crippen molar-refractivity contribution < 1.29 is 22.7 Å². The van der Waals surface area contributed by atoms with E-state index < -0.39 is 18.5 Å². The molecule has 0 unspecified atom stereocenters. The van der Waals surface area contributed by atoms with Gasteiger partial charge in [0, 0.05) is 23.4 Å². The number of aromatic nitrogens is 2. The van der Waals surface area contributed by atoms with Crippen LogP contribution < -0.4 is 0 Å². The van der Waals surface area contributed by atoms with Gasteiger partial charge in [-0.3, -0.25) is 4.68 Å². The Balaban J connectivity index is 2.29. The summed E-state index contributed by atoms with van der Waals surface area (Å²) in [5, 5.41) is 13.0. The topological polar surface area (TPSA) is 38.1 Å². The maximum absolute atomic E-state index is 12.8. The van der Waals surface area contributed by atoms with Crippen LogP contribution in [-0.2, 0) is 6.54 Å². The standard InChI is InChI=1S/C11H8F4N2O/c12-8-1-2-9(10(18)3-8)7-4-16-17(5-7)6-11(13,14)15/h1-5,18H,6H2. The van der Waals surface area contributed by atoms with Crippen molar-refractivity contribution in [2.75, 3.05) is 0 Å². The number of hydrogen-bond acceptors (Lipinski definition) is 2. The molecule has 0 spiro atoms. The lowest BCUT2D eigenvalue weighted by atomic mass is 10.1. The minimum absolute atomic E-state index is 0.227. The maximum atomic E-state index is 12.8. The van der Waals surface area contributed by atoms with Gasteiger partial charge in [-0.05, 0) is 12.1 Å². The van der Waals surface area contributed by atoms with Crippen LogP contribution in [-0.4, -0.2) is 21.1 Å². The van der Waals surface area contributed by atoms with Gasteiger partial charge in [0.25, 0.3) is 0 Å². The number of alkyl halides is 3. The Kier molecular flexibility index (Phi) is 2.98. The Morgan fingerprint density at radius 2 is 2.00 bits per heavy atom. The summed E-state index contributed by atoms with van der Waals surface area (Å²) in [6.45, 7) is -1.21. The molecule has 0 aliphatic heterocycles. The average molecular weight is 260 g/mol. The number of aromatic hydroxyl groups is 1. The van der Waals surface area contributed by atoms with E-state index in [1.54, 1.807) is 0 Å². The van der Waals surface area contributed by atoms with Crippen molar-refractivity contribution in [3.8, 4) is 16.9 Å². The van der Waals surface area contributed by atoms with Gasteiger partial charge >= 0.3 is 6.18 Å². The first-order chi connectivity index (χ1) is 8.35. The van der Waals surface area contributed by atoms with Crippen LogP contribution in [0, 0.1) is 5.82 Å². The van der Waals surface area contributed by atoms with E-state index in [2.05, 4.69) is 5.10 Å². The number of rotatable bonds is 2. The molecule has 0 radical (unpaired) electrons. The van der Waals surface area contributed by atoms with Gasteiger partial charge in [0.05, 0.1) is 6.20 Å². The van der Waals surface area contributed by atoms with Crippen LogP contribution in [0.25, 0.3) is 11.1 Å². The number of halogens is 4. The predicted molar refractivity (Wildman–Crippen MR) is 55.3 cm³/mol. The molecule has 0 fully saturated rings. The normalized spacial score (nSPS) is 11.8. The van der Waals surface area contributed by atoms with Crippen molar-refractivity contribution in [3.05, 3.63) is 36.4 Å². The molecule has 1 N–H and O–H groups in total. The first kappa shape index (κ1) is 12.4. The molecule has 7 heteroatoms. The fourth-order valence-corrected chi connectivity index (χ4v) is 1.52. The first-order valence-electron chi connectivity index (χ1n) is 4.93. The molecule has 18 heavy (non-hydrogen) atoms. The number of benzene rings is 1. The second-order valence-corrected chi connectivity index (χ2v) is 3.70. The van der Waals surface area contributed by atoms with Crippen molar-refractivity contribution in [2.24, 2.45) is 0 Å². The zero-order valence-electron chi connectivity index (χ0n) is 8.95. The third kappa shape index (κ3) is 2.79. The molecule has 0 saturated heterocycles. The summed E-state index contributed by atoms with van der Waals surface area (Å²) < 4.78 is 49.8. The highest BCUT2D eigenvalue weighted by atomic mass is 19.4. The monoisotopic (exact) mass is 260 g/mol. The first-order valence-corrected chi connectivity index (χ1v) is 4.93. The Hall–Kier alpha value is -2.05. The van der Waals surface area contributed by atoms with Gasteiger partial charge < -0.3 is 5.11 Å². The number of hydrogen-bond donors (Lipinski definition) is 1. The molecular formula is C11H8F4N2O. The van der Waals surface area contributed by atoms with E-state index in [9.17, 15) is 22.7 Å². The minimum Gasteiger partial charge on any atom is -0.507 e. The van der Waals surface area contributed by atoms with E-state index in [1.165, 1.54) is 12.3 Å². The summed E-state index contributed by atoms with van der Waals surface area (Å²) in [7, 11) is 0. The summed E-state index contributed by atoms with van der Waals surface area (Å²) >= 11 is 0. The van der Waals surface area contributed by atoms with Gasteiger partial charge in [-0.1, -0.05) is 0 Å². The Morgan fingerprint density at radius 1 is 1.28 bits per heavy atom. The quantitative estimate of drug-likeness (QED) is 0.843. The summed E-state index contributed by atoms with van der Waals surface area (Å²) in [4.78, 5) is 0. The van der Waals surface area contributed by atoms with Gasteiger partial charge in [0.2, 0.25) is 0 Å². The van der Waals surface area contributed by atoms with Crippen molar-refractivity contribution in [3.63, 3.8) is 0 Å². The molecule has 1 aromatic carbocycles. The van der Waals surface area contributed by atoms with Gasteiger partial charge in [0.1, 0.15) is 18.1 Å². The van der Waals surface area contributed by atoms with E-state index >= 15 is 0 Å². The van der Waals surface area contributed by atoms with Gasteiger partial charge in [-0.25, -0.2) is 4.39 Å². The Labute approximate surface area is 99.3 Å². The fourth-order valence-electron chi connectivity index (χ4n) is 1.52. The predicted octanol–water partition coefficient (Wildman–Crippen LogP) is 2.96. The van der Waals surface area contributed by atoms with E-state index in [0.717, 1.165) is 18.3 Å². The lowest BCUT2D eigenvalue weighted by molar-refractivity contribution is -0.142. The summed E-state index contributed by atoms with van der Waals surface area (Å²) in [6.07, 6.45) is -2.05. The van der Waals surface area contributed by atoms with Gasteiger partial charge in [-0.15, -0.1) is 0 Å². The molecular weight excluding hydrogens is 252 g/mol. The lowest BCUT2D eigenvalue weighted by Crippen LogP contribution is -2.17. The molecule has 2 rings (SSSR count). The zero-order chi connectivity index (χ0) is 13.3. The smallest absolute Gasteiger partial charge is 0.408 e. The molecule has 0 bridgehead atoms. The molecule has 96 valence electrons. The van der Waals surface area contributed by atoms with Crippen molar-refractivity contribution in [1.82, 2.24) is 9.78 Å². The van der Waals surface area contributed by atoms with E-state index in [1.807, 2.05) is 0 Å². The Bertz CT molecular complexity index is 562. The largest absolute Gasteiger partial charge is 0.507 e. The van der Waals surface area contributed by atoms with E-state index in [4.69, 9.17) is 0 Å². The van der Waals surface area contributed by atoms with Crippen LogP contribution in [0.2, 0.25) is 0 Å². The number of nitrogens with zero attached hydrogens (tertiary/aromatic N) is 2. The molecule has 0 atom stereocenters. The maximum Gasteiger partial charge on any atom is 0.408 e. The van der Waals surface area contributed by atoms with Crippen LogP contribution in [0.5, 0.6) is 5.75 Å². The molecule has 0 saturated carbocycles. The summed E-state index contributed by atoms with van der Waals surface area (Å²) in [5.41, 5.74) is 0.515. The third-order valence-electron chi connectivity index (χ3n) is 2.25. The SMILES string of the molecule is Oc1cc(F)ccc1-c1cnn(CC(F)(F)F)c1. The number of phenolic OH excluding ortho intramolecular Hbond substituents is 1. The fraction of sp³-hybridized carbons (Fsp3) is 0.182. The average Bonchev–Trinajstić information content (AvgIpc) is 2.63. The second kappa shape index (κ2) is 4.32. The van der Waals surface area contributed by atoms with E-state index in [-0.39, 0.29) is 16.9 Å². The zero-order valence-corrected chi connectivity index (χ0v) is 8.95. The molecule has 3 nitrogen and oxygen atoms in total. The molecule has 1 heterocycles. The van der Waals surface area contributed by atoms with Crippen LogP contribution in [0.15, 0.2) is 30.6 Å². The van der Waals surface area contributed by atoms with Crippen LogP contribution >= 0.6 is 0 Å². The van der Waals surface area contributed by atoms with Crippen molar-refractivity contribution in [2.45, 2.75) is 12.7 Å². The minimum atomic E-state index is -4.37. The van der Waals surface area contributed by atoms with Crippen molar-refractivity contribution >= 4 is 0 Å². The van der Waals surface area contributed by atoms with Crippen LogP contribution in [0.1, 0.15) is 0 Å². The highest BCUT2D eigenvalue weighted by molar-refractivity contribution is 5.68.